The van der Waals surface area contributed by atoms with Crippen molar-refractivity contribution in [3.05, 3.63) is 41.7 Å². The highest BCUT2D eigenvalue weighted by atomic mass is 16.6. The van der Waals surface area contributed by atoms with Crippen molar-refractivity contribution >= 4 is 29.3 Å². The molecule has 4 rings (SSSR count). The minimum atomic E-state index is -0.521. The Balaban J connectivity index is 1.32. The van der Waals surface area contributed by atoms with Crippen molar-refractivity contribution in [3.63, 3.8) is 0 Å². The Bertz CT molecular complexity index is 1190. The zero-order valence-electron chi connectivity index (χ0n) is 23.2. The number of hydrogen-bond donors (Lipinski definition) is 3. The molecule has 11 nitrogen and oxygen atoms in total. The molecule has 1 aromatic carbocycles. The van der Waals surface area contributed by atoms with E-state index in [0.717, 1.165) is 51.9 Å². The Labute approximate surface area is 229 Å². The Hall–Kier alpha value is -3.91. The van der Waals surface area contributed by atoms with Crippen LogP contribution in [0.5, 0.6) is 0 Å². The molecule has 1 aliphatic heterocycles. The van der Waals surface area contributed by atoms with E-state index in [4.69, 9.17) is 4.74 Å². The molecule has 2 aliphatic rings. The zero-order chi connectivity index (χ0) is 28.0. The van der Waals surface area contributed by atoms with Crippen LogP contribution in [0.2, 0.25) is 0 Å². The number of aromatic nitrogens is 2. The number of nitriles is 1. The van der Waals surface area contributed by atoms with Gasteiger partial charge in [0.25, 0.3) is 5.91 Å². The number of carbonyl (C=O) groups is 2. The van der Waals surface area contributed by atoms with Gasteiger partial charge in [-0.2, -0.15) is 5.26 Å². The Morgan fingerprint density at radius 3 is 2.28 bits per heavy atom. The molecule has 0 atom stereocenters. The maximum atomic E-state index is 12.8. The largest absolute Gasteiger partial charge is 0.444 e. The molecule has 1 aromatic heterocycles. The maximum Gasteiger partial charge on any atom is 0.407 e. The molecule has 1 aliphatic carbocycles. The topological polar surface area (TPSA) is 136 Å². The highest BCUT2D eigenvalue weighted by molar-refractivity contribution is 5.94. The van der Waals surface area contributed by atoms with Gasteiger partial charge in [-0.1, -0.05) is 0 Å². The van der Waals surface area contributed by atoms with Gasteiger partial charge in [-0.3, -0.25) is 4.79 Å². The number of hydrogen-bond acceptors (Lipinski definition) is 9. The van der Waals surface area contributed by atoms with E-state index >= 15 is 0 Å². The molecule has 1 saturated heterocycles. The molecule has 2 fully saturated rings. The smallest absolute Gasteiger partial charge is 0.407 e. The standard InChI is InChI=1S/C28H38N8O3/c1-28(2,3)39-27(38)33-22-11-9-20(10-12-22)31-24-18-30-23(17-29)25(34-24)32-21-7-5-19(6-8-21)26(37)36-15-13-35(4)14-16-36/h5-8,18,20,22H,9-16H2,1-4H3,(H,33,38)(H2,31,32,34)/t20-,22-. The number of carbonyl (C=O) groups excluding carboxylic acids is 2. The first-order chi connectivity index (χ1) is 18.6. The lowest BCUT2D eigenvalue weighted by Gasteiger charge is -2.32. The molecule has 1 saturated carbocycles. The Morgan fingerprint density at radius 2 is 1.67 bits per heavy atom. The number of benzene rings is 1. The van der Waals surface area contributed by atoms with E-state index in [2.05, 4.69) is 43.9 Å². The summed E-state index contributed by atoms with van der Waals surface area (Å²) in [6.45, 7) is 8.73. The van der Waals surface area contributed by atoms with Crippen LogP contribution in [0.3, 0.4) is 0 Å². The van der Waals surface area contributed by atoms with Crippen molar-refractivity contribution in [2.45, 2.75) is 64.1 Å². The molecule has 0 spiro atoms. The van der Waals surface area contributed by atoms with Crippen LogP contribution in [0.15, 0.2) is 30.5 Å². The van der Waals surface area contributed by atoms with E-state index < -0.39 is 5.60 Å². The molecule has 0 radical (unpaired) electrons. The quantitative estimate of drug-likeness (QED) is 0.506. The minimum absolute atomic E-state index is 0.0226. The minimum Gasteiger partial charge on any atom is -0.444 e. The highest BCUT2D eigenvalue weighted by Gasteiger charge is 2.25. The van der Waals surface area contributed by atoms with Crippen LogP contribution in [0.25, 0.3) is 0 Å². The number of amides is 2. The second-order valence-corrected chi connectivity index (χ2v) is 11.2. The summed E-state index contributed by atoms with van der Waals surface area (Å²) in [6.07, 6.45) is 4.54. The van der Waals surface area contributed by atoms with Crippen LogP contribution in [0, 0.1) is 11.3 Å². The van der Waals surface area contributed by atoms with Crippen molar-refractivity contribution < 1.29 is 14.3 Å². The van der Waals surface area contributed by atoms with Crippen molar-refractivity contribution in [2.75, 3.05) is 43.9 Å². The lowest BCUT2D eigenvalue weighted by Crippen LogP contribution is -2.47. The highest BCUT2D eigenvalue weighted by Crippen LogP contribution is 2.24. The van der Waals surface area contributed by atoms with Gasteiger partial charge in [0.15, 0.2) is 11.5 Å². The normalized spacial score (nSPS) is 20.0. The second kappa shape index (κ2) is 12.3. The van der Waals surface area contributed by atoms with Crippen LogP contribution in [-0.2, 0) is 4.74 Å². The Morgan fingerprint density at radius 1 is 1.03 bits per heavy atom. The van der Waals surface area contributed by atoms with Crippen molar-refractivity contribution in [3.8, 4) is 6.07 Å². The summed E-state index contributed by atoms with van der Waals surface area (Å²) < 4.78 is 5.36. The molecule has 3 N–H and O–H groups in total. The zero-order valence-corrected chi connectivity index (χ0v) is 23.2. The average Bonchev–Trinajstić information content (AvgIpc) is 2.89. The van der Waals surface area contributed by atoms with E-state index in [1.807, 2.05) is 37.8 Å². The third-order valence-electron chi connectivity index (χ3n) is 6.86. The van der Waals surface area contributed by atoms with Crippen LogP contribution in [-0.4, -0.2) is 82.7 Å². The van der Waals surface area contributed by atoms with Crippen LogP contribution in [0.4, 0.5) is 22.1 Å². The number of ether oxygens (including phenoxy) is 1. The Kier molecular flexibility index (Phi) is 8.86. The number of likely N-dealkylation sites (N-methyl/N-ethyl adjacent to an activating group) is 1. The number of nitrogens with zero attached hydrogens (tertiary/aromatic N) is 5. The van der Waals surface area contributed by atoms with Gasteiger partial charge in [0, 0.05) is 49.5 Å². The molecule has 11 heteroatoms. The summed E-state index contributed by atoms with van der Waals surface area (Å²) >= 11 is 0. The maximum absolute atomic E-state index is 12.8. The van der Waals surface area contributed by atoms with Gasteiger partial charge in [0.1, 0.15) is 17.5 Å². The van der Waals surface area contributed by atoms with Gasteiger partial charge < -0.3 is 30.5 Å². The van der Waals surface area contributed by atoms with Gasteiger partial charge in [-0.15, -0.1) is 0 Å². The van der Waals surface area contributed by atoms with E-state index in [1.165, 1.54) is 0 Å². The molecule has 2 aromatic rings. The second-order valence-electron chi connectivity index (χ2n) is 11.2. The third kappa shape index (κ3) is 8.04. The summed E-state index contributed by atoms with van der Waals surface area (Å²) in [5.74, 6) is 0.942. The first-order valence-corrected chi connectivity index (χ1v) is 13.5. The fraction of sp³-hybridized carbons (Fsp3) is 0.536. The molecule has 0 unspecified atom stereocenters. The first-order valence-electron chi connectivity index (χ1n) is 13.5. The van der Waals surface area contributed by atoms with E-state index in [9.17, 15) is 14.9 Å². The number of alkyl carbamates (subject to hydrolysis) is 1. The average molecular weight is 535 g/mol. The summed E-state index contributed by atoms with van der Waals surface area (Å²) in [4.78, 5) is 37.8. The molecule has 2 heterocycles. The van der Waals surface area contributed by atoms with E-state index in [1.54, 1.807) is 18.3 Å². The number of piperazine rings is 1. The van der Waals surface area contributed by atoms with Gasteiger partial charge in [0.05, 0.1) is 6.20 Å². The van der Waals surface area contributed by atoms with E-state index in [-0.39, 0.29) is 29.8 Å². The summed E-state index contributed by atoms with van der Waals surface area (Å²) in [5, 5.41) is 19.1. The third-order valence-corrected chi connectivity index (χ3v) is 6.86. The van der Waals surface area contributed by atoms with Gasteiger partial charge in [0.2, 0.25) is 0 Å². The molecular weight excluding hydrogens is 496 g/mol. The summed E-state index contributed by atoms with van der Waals surface area (Å²) in [5.41, 5.74) is 1.00. The summed E-state index contributed by atoms with van der Waals surface area (Å²) in [7, 11) is 2.06. The molecular formula is C28H38N8O3. The van der Waals surface area contributed by atoms with Crippen molar-refractivity contribution in [2.24, 2.45) is 0 Å². The van der Waals surface area contributed by atoms with Crippen LogP contribution >= 0.6 is 0 Å². The molecule has 0 bridgehead atoms. The van der Waals surface area contributed by atoms with Crippen molar-refractivity contribution in [1.29, 1.82) is 5.26 Å². The predicted molar refractivity (Wildman–Crippen MR) is 149 cm³/mol. The van der Waals surface area contributed by atoms with Gasteiger partial charge >= 0.3 is 6.09 Å². The first kappa shape index (κ1) is 28.1. The number of anilines is 3. The van der Waals surface area contributed by atoms with Crippen LogP contribution in [0.1, 0.15) is 62.5 Å². The fourth-order valence-electron chi connectivity index (χ4n) is 4.72. The van der Waals surface area contributed by atoms with Crippen molar-refractivity contribution in [1.82, 2.24) is 25.1 Å². The monoisotopic (exact) mass is 534 g/mol. The van der Waals surface area contributed by atoms with E-state index in [0.29, 0.717) is 22.9 Å². The number of nitrogens with one attached hydrogen (secondary N) is 3. The predicted octanol–water partition coefficient (Wildman–Crippen LogP) is 3.73. The molecule has 2 amide bonds. The molecule has 39 heavy (non-hydrogen) atoms. The summed E-state index contributed by atoms with van der Waals surface area (Å²) in [6, 6.07) is 9.53. The van der Waals surface area contributed by atoms with Gasteiger partial charge in [-0.25, -0.2) is 14.8 Å². The van der Waals surface area contributed by atoms with Gasteiger partial charge in [-0.05, 0) is 77.8 Å². The number of rotatable bonds is 6. The fourth-order valence-corrected chi connectivity index (χ4v) is 4.72. The molecule has 208 valence electrons. The van der Waals surface area contributed by atoms with Crippen LogP contribution < -0.4 is 16.0 Å². The lowest BCUT2D eigenvalue weighted by molar-refractivity contribution is 0.0491. The SMILES string of the molecule is CN1CCN(C(=O)c2ccc(Nc3nc(N[C@H]4CC[C@H](NC(=O)OC(C)(C)C)CC4)cnc3C#N)cc2)CC1. The lowest BCUT2D eigenvalue weighted by atomic mass is 9.91.